The average molecular weight is 235 g/mol. The maximum absolute atomic E-state index is 5.92. The molecule has 2 N–H and O–H groups in total. The number of aryl methyl sites for hydroxylation is 1. The molecule has 0 bridgehead atoms. The zero-order valence-electron chi connectivity index (χ0n) is 11.3. The van der Waals surface area contributed by atoms with Gasteiger partial charge in [0, 0.05) is 6.04 Å². The Bertz CT molecular complexity index is 334. The lowest BCUT2D eigenvalue weighted by molar-refractivity contribution is 0.301. The Morgan fingerprint density at radius 1 is 1.29 bits per heavy atom. The second-order valence-corrected chi connectivity index (χ2v) is 4.80. The number of rotatable bonds is 7. The van der Waals surface area contributed by atoms with E-state index in [4.69, 9.17) is 10.5 Å². The van der Waals surface area contributed by atoms with Gasteiger partial charge in [0.05, 0.1) is 6.61 Å². The molecule has 17 heavy (non-hydrogen) atoms. The molecule has 0 spiro atoms. The van der Waals surface area contributed by atoms with Gasteiger partial charge < -0.3 is 10.5 Å². The van der Waals surface area contributed by atoms with Crippen LogP contribution in [-0.4, -0.2) is 12.6 Å². The van der Waals surface area contributed by atoms with E-state index in [-0.39, 0.29) is 6.04 Å². The van der Waals surface area contributed by atoms with Crippen molar-refractivity contribution in [2.75, 3.05) is 6.61 Å². The molecule has 0 fully saturated rings. The summed E-state index contributed by atoms with van der Waals surface area (Å²) in [6.07, 6.45) is 4.46. The highest BCUT2D eigenvalue weighted by Crippen LogP contribution is 2.24. The SMILES string of the molecule is CCCCCOc1c(C)cccc1CC(C)N. The van der Waals surface area contributed by atoms with E-state index in [1.165, 1.54) is 24.0 Å². The quantitative estimate of drug-likeness (QED) is 0.735. The van der Waals surface area contributed by atoms with Crippen LogP contribution in [0.15, 0.2) is 18.2 Å². The summed E-state index contributed by atoms with van der Waals surface area (Å²) in [7, 11) is 0. The lowest BCUT2D eigenvalue weighted by Crippen LogP contribution is -2.18. The molecule has 0 aliphatic heterocycles. The van der Waals surface area contributed by atoms with Crippen LogP contribution >= 0.6 is 0 Å². The van der Waals surface area contributed by atoms with E-state index in [1.54, 1.807) is 0 Å². The molecule has 0 saturated carbocycles. The molecule has 0 aromatic heterocycles. The zero-order chi connectivity index (χ0) is 12.7. The minimum atomic E-state index is 0.176. The zero-order valence-corrected chi connectivity index (χ0v) is 11.3. The van der Waals surface area contributed by atoms with E-state index >= 15 is 0 Å². The largest absolute Gasteiger partial charge is 0.493 e. The molecule has 0 amide bonds. The van der Waals surface area contributed by atoms with Crippen molar-refractivity contribution in [2.45, 2.75) is 52.5 Å². The Hall–Kier alpha value is -1.02. The van der Waals surface area contributed by atoms with Gasteiger partial charge in [-0.2, -0.15) is 0 Å². The van der Waals surface area contributed by atoms with Crippen molar-refractivity contribution in [3.63, 3.8) is 0 Å². The van der Waals surface area contributed by atoms with Crippen molar-refractivity contribution in [1.29, 1.82) is 0 Å². The topological polar surface area (TPSA) is 35.2 Å². The normalized spacial score (nSPS) is 12.5. The maximum atomic E-state index is 5.92. The number of unbranched alkanes of at least 4 members (excludes halogenated alkanes) is 2. The number of hydrogen-bond donors (Lipinski definition) is 1. The molecule has 1 atom stereocenters. The van der Waals surface area contributed by atoms with Gasteiger partial charge in [-0.05, 0) is 37.8 Å². The van der Waals surface area contributed by atoms with Crippen LogP contribution < -0.4 is 10.5 Å². The van der Waals surface area contributed by atoms with Crippen LogP contribution in [0.5, 0.6) is 5.75 Å². The highest BCUT2D eigenvalue weighted by Gasteiger charge is 2.08. The van der Waals surface area contributed by atoms with Gasteiger partial charge in [0.15, 0.2) is 0 Å². The highest BCUT2D eigenvalue weighted by atomic mass is 16.5. The van der Waals surface area contributed by atoms with Crippen LogP contribution in [0.4, 0.5) is 0 Å². The first-order valence-electron chi connectivity index (χ1n) is 6.62. The standard InChI is InChI=1S/C15H25NO/c1-4-5-6-10-17-15-12(2)8-7-9-14(15)11-13(3)16/h7-9,13H,4-6,10-11,16H2,1-3H3. The molecule has 1 aromatic carbocycles. The van der Waals surface area contributed by atoms with E-state index in [0.29, 0.717) is 0 Å². The van der Waals surface area contributed by atoms with E-state index in [2.05, 4.69) is 32.0 Å². The van der Waals surface area contributed by atoms with Gasteiger partial charge in [0.2, 0.25) is 0 Å². The monoisotopic (exact) mass is 235 g/mol. The molecule has 0 saturated heterocycles. The molecule has 0 radical (unpaired) electrons. The van der Waals surface area contributed by atoms with Gasteiger partial charge in [0.25, 0.3) is 0 Å². The van der Waals surface area contributed by atoms with Gasteiger partial charge in [0.1, 0.15) is 5.75 Å². The summed E-state index contributed by atoms with van der Waals surface area (Å²) in [5.74, 6) is 1.04. The molecule has 1 rings (SSSR count). The Morgan fingerprint density at radius 3 is 2.71 bits per heavy atom. The van der Waals surface area contributed by atoms with Gasteiger partial charge in [-0.1, -0.05) is 38.0 Å². The van der Waals surface area contributed by atoms with Crippen molar-refractivity contribution in [3.05, 3.63) is 29.3 Å². The van der Waals surface area contributed by atoms with E-state index in [9.17, 15) is 0 Å². The number of hydrogen-bond acceptors (Lipinski definition) is 2. The van der Waals surface area contributed by atoms with Gasteiger partial charge in [-0.15, -0.1) is 0 Å². The number of nitrogens with two attached hydrogens (primary N) is 1. The van der Waals surface area contributed by atoms with Crippen LogP contribution in [-0.2, 0) is 6.42 Å². The Morgan fingerprint density at radius 2 is 2.06 bits per heavy atom. The molecule has 2 nitrogen and oxygen atoms in total. The first-order chi connectivity index (χ1) is 8.15. The number of para-hydroxylation sites is 1. The van der Waals surface area contributed by atoms with Gasteiger partial charge >= 0.3 is 0 Å². The lowest BCUT2D eigenvalue weighted by Gasteiger charge is -2.15. The summed E-state index contributed by atoms with van der Waals surface area (Å²) in [4.78, 5) is 0. The van der Waals surface area contributed by atoms with E-state index in [0.717, 1.165) is 25.2 Å². The fraction of sp³-hybridized carbons (Fsp3) is 0.600. The van der Waals surface area contributed by atoms with Crippen molar-refractivity contribution in [1.82, 2.24) is 0 Å². The lowest BCUT2D eigenvalue weighted by atomic mass is 10.0. The summed E-state index contributed by atoms with van der Waals surface area (Å²) in [5, 5.41) is 0. The first kappa shape index (κ1) is 14.0. The second-order valence-electron chi connectivity index (χ2n) is 4.80. The minimum absolute atomic E-state index is 0.176. The fourth-order valence-electron chi connectivity index (χ4n) is 1.95. The molecule has 1 aromatic rings. The first-order valence-corrected chi connectivity index (χ1v) is 6.62. The minimum Gasteiger partial charge on any atom is -0.493 e. The summed E-state index contributed by atoms with van der Waals surface area (Å²) < 4.78 is 5.92. The third-order valence-corrected chi connectivity index (χ3v) is 2.83. The summed E-state index contributed by atoms with van der Waals surface area (Å²) >= 11 is 0. The van der Waals surface area contributed by atoms with Crippen LogP contribution in [0.1, 0.15) is 44.2 Å². The Labute approximate surface area is 105 Å². The number of ether oxygens (including phenoxy) is 1. The molecule has 0 aliphatic carbocycles. The third-order valence-electron chi connectivity index (χ3n) is 2.83. The van der Waals surface area contributed by atoms with Crippen molar-refractivity contribution in [3.8, 4) is 5.75 Å². The molecule has 0 heterocycles. The molecule has 2 heteroatoms. The van der Waals surface area contributed by atoms with Crippen LogP contribution in [0.2, 0.25) is 0 Å². The van der Waals surface area contributed by atoms with Gasteiger partial charge in [-0.25, -0.2) is 0 Å². The Balaban J connectivity index is 2.66. The maximum Gasteiger partial charge on any atom is 0.125 e. The van der Waals surface area contributed by atoms with Crippen molar-refractivity contribution in [2.24, 2.45) is 5.73 Å². The molecular formula is C15H25NO. The van der Waals surface area contributed by atoms with E-state index < -0.39 is 0 Å². The predicted octanol–water partition coefficient (Wildman–Crippen LogP) is 3.45. The Kier molecular flexibility index (Phi) is 6.06. The third kappa shape index (κ3) is 4.78. The smallest absolute Gasteiger partial charge is 0.125 e. The van der Waals surface area contributed by atoms with Crippen LogP contribution in [0, 0.1) is 6.92 Å². The van der Waals surface area contributed by atoms with E-state index in [1.807, 2.05) is 6.92 Å². The predicted molar refractivity (Wildman–Crippen MR) is 73.6 cm³/mol. The molecule has 1 unspecified atom stereocenters. The molecular weight excluding hydrogens is 210 g/mol. The fourth-order valence-corrected chi connectivity index (χ4v) is 1.95. The molecule has 0 aliphatic rings. The van der Waals surface area contributed by atoms with Gasteiger partial charge in [-0.3, -0.25) is 0 Å². The second kappa shape index (κ2) is 7.33. The van der Waals surface area contributed by atoms with Crippen LogP contribution in [0.25, 0.3) is 0 Å². The van der Waals surface area contributed by atoms with Crippen molar-refractivity contribution < 1.29 is 4.74 Å². The summed E-state index contributed by atoms with van der Waals surface area (Å²) in [6.45, 7) is 7.14. The summed E-state index contributed by atoms with van der Waals surface area (Å²) in [5.41, 5.74) is 8.31. The van der Waals surface area contributed by atoms with Crippen molar-refractivity contribution >= 4 is 0 Å². The molecule has 96 valence electrons. The summed E-state index contributed by atoms with van der Waals surface area (Å²) in [6, 6.07) is 6.46. The van der Waals surface area contributed by atoms with Crippen LogP contribution in [0.3, 0.4) is 0 Å². The average Bonchev–Trinajstić information content (AvgIpc) is 2.26. The number of benzene rings is 1. The highest BCUT2D eigenvalue weighted by molar-refractivity contribution is 5.41.